The molecule has 0 aliphatic rings. The summed E-state index contributed by atoms with van der Waals surface area (Å²) in [4.78, 5) is 0.0610. The third-order valence-electron chi connectivity index (χ3n) is 4.05. The molecule has 0 aliphatic carbocycles. The van der Waals surface area contributed by atoms with Gasteiger partial charge in [0.25, 0.3) is 10.1 Å². The van der Waals surface area contributed by atoms with Gasteiger partial charge in [-0.15, -0.1) is 0 Å². The number of unbranched alkanes of at least 4 members (excludes halogenated alkanes) is 9. The molecule has 0 saturated heterocycles. The molecular formula is C18H32O6STi. The van der Waals surface area contributed by atoms with Gasteiger partial charge in [-0.25, -0.2) is 0 Å². The van der Waals surface area contributed by atoms with Crippen molar-refractivity contribution < 1.29 is 42.3 Å². The first kappa shape index (κ1) is 25.6. The quantitative estimate of drug-likeness (QED) is 0.264. The van der Waals surface area contributed by atoms with Crippen LogP contribution in [0.3, 0.4) is 0 Å². The van der Waals surface area contributed by atoms with Gasteiger partial charge in [0, 0.05) is 0 Å². The van der Waals surface area contributed by atoms with Gasteiger partial charge in [-0.1, -0.05) is 82.9 Å². The maximum absolute atomic E-state index is 11.3. The summed E-state index contributed by atoms with van der Waals surface area (Å²) in [5.74, 6) is 0. The van der Waals surface area contributed by atoms with Gasteiger partial charge in [-0.05, 0) is 24.5 Å². The molecule has 0 saturated carbocycles. The molecule has 8 heteroatoms. The maximum atomic E-state index is 11.3. The Bertz CT molecular complexity index is 599. The molecule has 26 heavy (non-hydrogen) atoms. The fourth-order valence-electron chi connectivity index (χ4n) is 2.76. The van der Waals surface area contributed by atoms with Gasteiger partial charge < -0.3 is 0 Å². The molecular weight excluding hydrogens is 392 g/mol. The van der Waals surface area contributed by atoms with Crippen molar-refractivity contribution in [2.24, 2.45) is 0 Å². The van der Waals surface area contributed by atoms with Gasteiger partial charge in [-0.3, -0.25) is 4.55 Å². The normalized spacial score (nSPS) is 10.9. The van der Waals surface area contributed by atoms with Crippen LogP contribution in [0.1, 0.15) is 76.7 Å². The van der Waals surface area contributed by atoms with E-state index >= 15 is 0 Å². The molecule has 6 nitrogen and oxygen atoms in total. The number of hydrogen-bond acceptors (Lipinski definition) is 3. The van der Waals surface area contributed by atoms with Crippen molar-refractivity contribution in [1.29, 1.82) is 0 Å². The molecule has 0 amide bonds. The third-order valence-corrected chi connectivity index (χ3v) is 5.00. The molecule has 0 atom stereocenters. The first-order valence-electron chi connectivity index (χ1n) is 9.26. The van der Waals surface area contributed by atoms with Crippen LogP contribution >= 0.6 is 0 Å². The monoisotopic (exact) mass is 424 g/mol. The Kier molecular flexibility index (Phi) is 15.3. The van der Waals surface area contributed by atoms with Gasteiger partial charge in [0.15, 0.2) is 0 Å². The summed E-state index contributed by atoms with van der Waals surface area (Å²) in [6.07, 6.45) is 13.3. The van der Waals surface area contributed by atoms with E-state index in [1.807, 2.05) is 6.07 Å². The topological polar surface area (TPSA) is 112 Å². The van der Waals surface area contributed by atoms with Crippen LogP contribution in [0, 0.1) is 0 Å². The van der Waals surface area contributed by atoms with Crippen LogP contribution in [0.2, 0.25) is 0 Å². The zero-order chi connectivity index (χ0) is 19.8. The fourth-order valence-corrected chi connectivity index (χ4v) is 3.52. The van der Waals surface area contributed by atoms with Crippen LogP contribution in [0.5, 0.6) is 0 Å². The second-order valence-corrected chi connectivity index (χ2v) is 8.57. The predicted molar refractivity (Wildman–Crippen MR) is 96.9 cm³/mol. The van der Waals surface area contributed by atoms with Crippen molar-refractivity contribution in [3.63, 3.8) is 0 Å². The molecule has 1 rings (SSSR count). The van der Waals surface area contributed by atoms with Gasteiger partial charge >= 0.3 is 29.3 Å². The van der Waals surface area contributed by atoms with E-state index in [4.69, 9.17) is 10.7 Å². The summed E-state index contributed by atoms with van der Waals surface area (Å²) < 4.78 is 55.0. The SMILES string of the molecule is CCCCCCCCCCCCc1ccccc1S(=O)(=O)O.[O]=[Ti]([OH])[OH]. The summed E-state index contributed by atoms with van der Waals surface area (Å²) in [5.41, 5.74) is 0.726. The summed E-state index contributed by atoms with van der Waals surface area (Å²) in [6.45, 7) is 2.24. The van der Waals surface area contributed by atoms with E-state index in [2.05, 4.69) is 6.92 Å². The number of hydrogen-bond donors (Lipinski definition) is 3. The molecule has 1 aromatic carbocycles. The minimum atomic E-state index is -4.10. The van der Waals surface area contributed by atoms with Crippen molar-refractivity contribution in [3.8, 4) is 0 Å². The van der Waals surface area contributed by atoms with Crippen molar-refractivity contribution >= 4 is 10.1 Å². The zero-order valence-corrected chi connectivity index (χ0v) is 17.9. The number of rotatable bonds is 12. The Morgan fingerprint density at radius 1 is 0.846 bits per heavy atom. The molecule has 0 bridgehead atoms. The molecule has 0 radical (unpaired) electrons. The Morgan fingerprint density at radius 3 is 1.73 bits per heavy atom. The molecule has 150 valence electrons. The van der Waals surface area contributed by atoms with Gasteiger partial charge in [0.2, 0.25) is 0 Å². The summed E-state index contributed by atoms with van der Waals surface area (Å²) in [7, 11) is -4.10. The van der Waals surface area contributed by atoms with Crippen LogP contribution in [0.25, 0.3) is 0 Å². The van der Waals surface area contributed by atoms with Crippen LogP contribution in [-0.2, 0) is 38.5 Å². The van der Waals surface area contributed by atoms with Crippen LogP contribution in [0.15, 0.2) is 29.2 Å². The van der Waals surface area contributed by atoms with E-state index in [9.17, 15) is 13.0 Å². The zero-order valence-electron chi connectivity index (χ0n) is 15.6. The summed E-state index contributed by atoms with van der Waals surface area (Å²) >= 11 is -3.58. The number of benzene rings is 1. The summed E-state index contributed by atoms with van der Waals surface area (Å²) in [5, 5.41) is 0. The molecule has 3 N–H and O–H groups in total. The first-order chi connectivity index (χ1) is 12.3. The van der Waals surface area contributed by atoms with Crippen molar-refractivity contribution in [2.75, 3.05) is 0 Å². The average Bonchev–Trinajstić information content (AvgIpc) is 2.55. The Balaban J connectivity index is 0.00000141. The number of aryl methyl sites for hydroxylation is 1. The Morgan fingerprint density at radius 2 is 1.27 bits per heavy atom. The van der Waals surface area contributed by atoms with E-state index in [-0.39, 0.29) is 4.90 Å². The van der Waals surface area contributed by atoms with Gasteiger partial charge in [0.05, 0.1) is 4.90 Å². The van der Waals surface area contributed by atoms with E-state index in [0.717, 1.165) is 18.4 Å². The van der Waals surface area contributed by atoms with Gasteiger partial charge in [0.1, 0.15) is 0 Å². The van der Waals surface area contributed by atoms with Crippen LogP contribution in [-0.4, -0.2) is 20.3 Å². The predicted octanol–water partition coefficient (Wildman–Crippen LogP) is 4.16. The van der Waals surface area contributed by atoms with Gasteiger partial charge in [-0.2, -0.15) is 8.42 Å². The molecule has 0 unspecified atom stereocenters. The van der Waals surface area contributed by atoms with E-state index in [0.29, 0.717) is 6.42 Å². The van der Waals surface area contributed by atoms with Crippen molar-refractivity contribution in [3.05, 3.63) is 29.8 Å². The third kappa shape index (κ3) is 14.7. The van der Waals surface area contributed by atoms with Crippen molar-refractivity contribution in [1.82, 2.24) is 0 Å². The molecule has 0 spiro atoms. The first-order valence-corrected chi connectivity index (χ1v) is 12.7. The Labute approximate surface area is 164 Å². The van der Waals surface area contributed by atoms with Crippen LogP contribution < -0.4 is 0 Å². The summed E-state index contributed by atoms with van der Waals surface area (Å²) in [6, 6.07) is 6.73. The van der Waals surface area contributed by atoms with E-state index in [1.54, 1.807) is 12.1 Å². The molecule has 0 aromatic heterocycles. The molecule has 1 aromatic rings. The second kappa shape index (κ2) is 15.6. The standard InChI is InChI=1S/C18H30O3S.2H2O.O.Ti/c1-2-3-4-5-6-7-8-9-10-11-14-17-15-12-13-16-18(17)22(19,20)21;;;;/h12-13,15-16H,2-11,14H2,1H3,(H,19,20,21);2*1H2;;/q;;;;+2/p-2. The molecule has 0 heterocycles. The van der Waals surface area contributed by atoms with E-state index < -0.39 is 28.7 Å². The minimum absolute atomic E-state index is 0.0610. The molecule has 0 fully saturated rings. The van der Waals surface area contributed by atoms with Crippen molar-refractivity contribution in [2.45, 2.75) is 82.4 Å². The van der Waals surface area contributed by atoms with E-state index in [1.165, 1.54) is 57.4 Å². The molecule has 0 aliphatic heterocycles. The fraction of sp³-hybridized carbons (Fsp3) is 0.667. The average molecular weight is 424 g/mol. The van der Waals surface area contributed by atoms with Crippen LogP contribution in [0.4, 0.5) is 0 Å². The Hall–Kier alpha value is -0.436. The second-order valence-electron chi connectivity index (χ2n) is 6.30.